The van der Waals surface area contributed by atoms with Crippen molar-refractivity contribution < 1.29 is 19.1 Å². The smallest absolute Gasteiger partial charge is 0.329 e. The molecule has 2 rings (SSSR count). The van der Waals surface area contributed by atoms with E-state index in [2.05, 4.69) is 29.1 Å². The summed E-state index contributed by atoms with van der Waals surface area (Å²) >= 11 is 0. The summed E-state index contributed by atoms with van der Waals surface area (Å²) in [4.78, 5) is 56.3. The van der Waals surface area contributed by atoms with Crippen LogP contribution < -0.4 is 16.6 Å². The van der Waals surface area contributed by atoms with Gasteiger partial charge in [-0.25, -0.2) is 4.79 Å². The molecule has 0 aliphatic heterocycles. The molecule has 0 unspecified atom stereocenters. The zero-order valence-electron chi connectivity index (χ0n) is 18.7. The second kappa shape index (κ2) is 12.9. The number of hydrogen-bond donors (Lipinski definition) is 4. The Labute approximate surface area is 192 Å². The fourth-order valence-corrected chi connectivity index (χ4v) is 3.63. The van der Waals surface area contributed by atoms with E-state index < -0.39 is 25.0 Å². The normalized spacial score (nSPS) is 11.5. The van der Waals surface area contributed by atoms with Crippen molar-refractivity contribution in [3.8, 4) is 11.8 Å². The zero-order valence-corrected chi connectivity index (χ0v) is 19.6. The summed E-state index contributed by atoms with van der Waals surface area (Å²) in [5.41, 5.74) is -0.248. The molecule has 0 aliphatic carbocycles. The molecular weight excluding hydrogens is 445 g/mol. The molecule has 33 heavy (non-hydrogen) atoms. The van der Waals surface area contributed by atoms with Crippen LogP contribution in [0, 0.1) is 11.8 Å². The third-order valence-electron chi connectivity index (χ3n) is 4.91. The van der Waals surface area contributed by atoms with Gasteiger partial charge in [0, 0.05) is 18.5 Å². The number of aromatic nitrogens is 2. The Bertz CT molecular complexity index is 1210. The molecule has 0 saturated carbocycles. The van der Waals surface area contributed by atoms with Crippen LogP contribution in [0.4, 0.5) is 0 Å². The maximum Gasteiger partial charge on any atom is 0.329 e. The topological polar surface area (TPSA) is 141 Å². The van der Waals surface area contributed by atoms with Gasteiger partial charge in [0.15, 0.2) is 0 Å². The summed E-state index contributed by atoms with van der Waals surface area (Å²) in [6, 6.07) is 4.81. The molecule has 0 atom stereocenters. The number of rotatable bonds is 11. The number of carbonyl (C=O) groups is 1. The lowest BCUT2D eigenvalue weighted by atomic mass is 10.1. The van der Waals surface area contributed by atoms with Gasteiger partial charge in [-0.05, 0) is 24.6 Å². The van der Waals surface area contributed by atoms with E-state index in [1.54, 1.807) is 18.2 Å². The zero-order chi connectivity index (χ0) is 24.3. The minimum Gasteiger partial charge on any atom is -0.345 e. The summed E-state index contributed by atoms with van der Waals surface area (Å²) in [6.07, 6.45) is 8.17. The van der Waals surface area contributed by atoms with Crippen LogP contribution in [0.2, 0.25) is 0 Å². The third kappa shape index (κ3) is 9.22. The van der Waals surface area contributed by atoms with Crippen LogP contribution in [0.25, 0.3) is 10.9 Å². The van der Waals surface area contributed by atoms with E-state index >= 15 is 0 Å². The van der Waals surface area contributed by atoms with Gasteiger partial charge in [-0.3, -0.25) is 23.7 Å². The van der Waals surface area contributed by atoms with Crippen LogP contribution in [0.3, 0.4) is 0 Å². The van der Waals surface area contributed by atoms with Crippen LogP contribution in [0.1, 0.15) is 51.0 Å². The number of allylic oxidation sites excluding steroid dienone is 2. The summed E-state index contributed by atoms with van der Waals surface area (Å²) in [5, 5.41) is 3.05. The average Bonchev–Trinajstić information content (AvgIpc) is 2.75. The highest BCUT2D eigenvalue weighted by Gasteiger charge is 2.10. The standard InChI is InChI=1S/C23H30N3O6P/c1-2-3-4-5-6-11-21(27)24-14-9-10-18-12-13-19-20(17-18)26(23(29)25-22(19)28)15-7-8-16-33(30,31)32/h7-8,12-13,17H,2-6,11,14-16H2,1H3,(H,24,27)(H,25,28,29)(H2,30,31,32). The Morgan fingerprint density at radius 1 is 1.18 bits per heavy atom. The van der Waals surface area contributed by atoms with Crippen LogP contribution in [0.5, 0.6) is 0 Å². The molecule has 0 fully saturated rings. The van der Waals surface area contributed by atoms with Crippen LogP contribution in [0.15, 0.2) is 39.9 Å². The van der Waals surface area contributed by atoms with Crippen molar-refractivity contribution >= 4 is 24.4 Å². The van der Waals surface area contributed by atoms with Crippen LogP contribution in [-0.2, 0) is 15.9 Å². The lowest BCUT2D eigenvalue weighted by molar-refractivity contribution is -0.120. The van der Waals surface area contributed by atoms with Crippen molar-refractivity contribution in [3.63, 3.8) is 0 Å². The summed E-state index contributed by atoms with van der Waals surface area (Å²) in [5.74, 6) is 5.75. The van der Waals surface area contributed by atoms with E-state index in [0.717, 1.165) is 25.7 Å². The first-order valence-electron chi connectivity index (χ1n) is 10.9. The molecule has 10 heteroatoms. The number of nitrogens with one attached hydrogen (secondary N) is 2. The number of carbonyl (C=O) groups excluding carboxylic acids is 1. The molecule has 1 heterocycles. The first-order chi connectivity index (χ1) is 15.7. The van der Waals surface area contributed by atoms with Crippen molar-refractivity contribution in [2.24, 2.45) is 0 Å². The number of fused-ring (bicyclic) bond motifs is 1. The maximum atomic E-state index is 12.3. The van der Waals surface area contributed by atoms with Crippen molar-refractivity contribution in [2.45, 2.75) is 52.0 Å². The fraction of sp³-hybridized carbons (Fsp3) is 0.435. The molecule has 4 N–H and O–H groups in total. The molecule has 1 aromatic heterocycles. The molecule has 178 valence electrons. The first kappa shape index (κ1) is 26.3. The number of benzene rings is 1. The molecule has 0 saturated heterocycles. The van der Waals surface area contributed by atoms with E-state index in [-0.39, 0.29) is 19.0 Å². The van der Waals surface area contributed by atoms with E-state index in [0.29, 0.717) is 22.9 Å². The van der Waals surface area contributed by atoms with E-state index in [9.17, 15) is 18.9 Å². The van der Waals surface area contributed by atoms with Crippen molar-refractivity contribution in [2.75, 3.05) is 12.7 Å². The predicted molar refractivity (Wildman–Crippen MR) is 128 cm³/mol. The first-order valence-corrected chi connectivity index (χ1v) is 12.7. The van der Waals surface area contributed by atoms with Gasteiger partial charge in [0.05, 0.1) is 23.6 Å². The summed E-state index contributed by atoms with van der Waals surface area (Å²) < 4.78 is 12.2. The maximum absolute atomic E-state index is 12.3. The lowest BCUT2D eigenvalue weighted by Crippen LogP contribution is -2.30. The molecule has 1 amide bonds. The molecule has 1 aromatic carbocycles. The van der Waals surface area contributed by atoms with Crippen molar-refractivity contribution in [3.05, 3.63) is 56.8 Å². The van der Waals surface area contributed by atoms with Gasteiger partial charge in [-0.15, -0.1) is 0 Å². The van der Waals surface area contributed by atoms with Gasteiger partial charge in [0.1, 0.15) is 0 Å². The van der Waals surface area contributed by atoms with Gasteiger partial charge >= 0.3 is 13.3 Å². The number of nitrogens with zero attached hydrogens (tertiary/aromatic N) is 1. The Morgan fingerprint density at radius 2 is 1.94 bits per heavy atom. The second-order valence-electron chi connectivity index (χ2n) is 7.66. The number of unbranched alkanes of at least 4 members (excludes halogenated alkanes) is 4. The molecular formula is C23H30N3O6P. The third-order valence-corrected chi connectivity index (χ3v) is 5.60. The van der Waals surface area contributed by atoms with Gasteiger partial charge in [0.25, 0.3) is 5.56 Å². The quantitative estimate of drug-likeness (QED) is 0.170. The summed E-state index contributed by atoms with van der Waals surface area (Å²) in [6.45, 7) is 2.36. The van der Waals surface area contributed by atoms with E-state index in [4.69, 9.17) is 9.79 Å². The minimum absolute atomic E-state index is 0.0251. The molecule has 0 spiro atoms. The number of aromatic amines is 1. The molecule has 9 nitrogen and oxygen atoms in total. The number of hydrogen-bond acceptors (Lipinski definition) is 4. The highest BCUT2D eigenvalue weighted by molar-refractivity contribution is 7.51. The lowest BCUT2D eigenvalue weighted by Gasteiger charge is -2.07. The molecule has 0 aliphatic rings. The monoisotopic (exact) mass is 475 g/mol. The molecule has 2 aromatic rings. The predicted octanol–water partition coefficient (Wildman–Crippen LogP) is 2.25. The Balaban J connectivity index is 2.07. The number of H-pyrrole nitrogens is 1. The highest BCUT2D eigenvalue weighted by atomic mass is 31.2. The van der Waals surface area contributed by atoms with Crippen LogP contribution in [-0.4, -0.2) is 38.0 Å². The molecule has 0 bridgehead atoms. The van der Waals surface area contributed by atoms with E-state index in [1.807, 2.05) is 0 Å². The van der Waals surface area contributed by atoms with Gasteiger partial charge in [0.2, 0.25) is 5.91 Å². The Morgan fingerprint density at radius 3 is 2.67 bits per heavy atom. The molecule has 0 radical (unpaired) electrons. The Kier molecular flexibility index (Phi) is 10.3. The second-order valence-corrected chi connectivity index (χ2v) is 9.36. The summed E-state index contributed by atoms with van der Waals surface area (Å²) in [7, 11) is -4.18. The number of amides is 1. The van der Waals surface area contributed by atoms with Gasteiger partial charge in [-0.1, -0.05) is 56.6 Å². The van der Waals surface area contributed by atoms with E-state index in [1.165, 1.54) is 23.1 Å². The fourth-order valence-electron chi connectivity index (χ4n) is 3.21. The minimum atomic E-state index is -4.18. The van der Waals surface area contributed by atoms with Crippen molar-refractivity contribution in [1.82, 2.24) is 14.9 Å². The average molecular weight is 475 g/mol. The van der Waals surface area contributed by atoms with Gasteiger partial charge < -0.3 is 15.1 Å². The van der Waals surface area contributed by atoms with Crippen molar-refractivity contribution in [1.29, 1.82) is 0 Å². The van der Waals surface area contributed by atoms with Gasteiger partial charge in [-0.2, -0.15) is 0 Å². The Hall–Kier alpha value is -2.92. The highest BCUT2D eigenvalue weighted by Crippen LogP contribution is 2.33. The SMILES string of the molecule is CCCCCCCC(=O)NCC#Cc1ccc2c(=O)[nH]c(=O)n(CC=CCP(=O)(O)O)c2c1. The van der Waals surface area contributed by atoms with Crippen LogP contribution >= 0.6 is 7.60 Å². The largest absolute Gasteiger partial charge is 0.345 e.